The van der Waals surface area contributed by atoms with Crippen LogP contribution in [0.2, 0.25) is 0 Å². The molecule has 2 amide bonds. The third-order valence-corrected chi connectivity index (χ3v) is 4.70. The normalized spacial score (nSPS) is 11.7. The first-order valence-corrected chi connectivity index (χ1v) is 9.62. The predicted molar refractivity (Wildman–Crippen MR) is 119 cm³/mol. The average molecular weight is 475 g/mol. The largest absolute Gasteiger partial charge is 0.329 e. The molecule has 0 aliphatic rings. The van der Waals surface area contributed by atoms with E-state index in [-0.39, 0.29) is 0 Å². The van der Waals surface area contributed by atoms with Gasteiger partial charge in [0, 0.05) is 3.57 Å². The fourth-order valence-corrected chi connectivity index (χ4v) is 2.78. The topological polar surface area (TPSA) is 70.6 Å². The Morgan fingerprint density at radius 2 is 1.70 bits per heavy atom. The van der Waals surface area contributed by atoms with Crippen molar-refractivity contribution < 1.29 is 9.59 Å². The van der Waals surface area contributed by atoms with E-state index in [0.717, 1.165) is 14.7 Å². The molecule has 2 N–H and O–H groups in total. The Morgan fingerprint density at radius 3 is 2.33 bits per heavy atom. The lowest BCUT2D eigenvalue weighted by molar-refractivity contribution is -0.136. The number of hydrazone groups is 1. The van der Waals surface area contributed by atoms with E-state index in [1.165, 1.54) is 11.8 Å². The molecule has 0 heterocycles. The third kappa shape index (κ3) is 6.63. The second-order valence-corrected chi connectivity index (χ2v) is 7.51. The summed E-state index contributed by atoms with van der Waals surface area (Å²) in [5.74, 6) is -1.09. The first-order chi connectivity index (χ1) is 12.9. The highest BCUT2D eigenvalue weighted by Crippen LogP contribution is 2.17. The highest BCUT2D eigenvalue weighted by molar-refractivity contribution is 14.1. The van der Waals surface area contributed by atoms with Gasteiger partial charge in [0.25, 0.3) is 0 Å². The first kappa shape index (κ1) is 20.8. The molecule has 0 spiro atoms. The van der Waals surface area contributed by atoms with Gasteiger partial charge < -0.3 is 5.32 Å². The number of carbonyl (C=O) groups excluding carboxylic acids is 2. The zero-order chi connectivity index (χ0) is 19.8. The number of allylic oxidation sites excluding steroid dienone is 1. The van der Waals surface area contributed by atoms with Gasteiger partial charge in [0.15, 0.2) is 0 Å². The summed E-state index contributed by atoms with van der Waals surface area (Å²) in [6.07, 6.45) is 3.46. The van der Waals surface area contributed by atoms with Gasteiger partial charge in [-0.15, -0.1) is 0 Å². The third-order valence-electron chi connectivity index (χ3n) is 3.76. The molecule has 0 atom stereocenters. The fraction of sp³-hybridized carbons (Fsp3) is 0.190. The maximum absolute atomic E-state index is 11.9. The molecule has 2 aromatic rings. The molecular formula is C21H22IN3O2. The Kier molecular flexibility index (Phi) is 7.72. The van der Waals surface area contributed by atoms with Gasteiger partial charge in [0.2, 0.25) is 0 Å². The Labute approximate surface area is 173 Å². The number of amides is 2. The van der Waals surface area contributed by atoms with E-state index in [1.807, 2.05) is 37.3 Å². The number of rotatable bonds is 5. The zero-order valence-corrected chi connectivity index (χ0v) is 17.7. The van der Waals surface area contributed by atoms with Crippen LogP contribution in [0, 0.1) is 3.57 Å². The highest BCUT2D eigenvalue weighted by atomic mass is 127. The molecule has 2 rings (SSSR count). The van der Waals surface area contributed by atoms with Crippen LogP contribution in [-0.2, 0) is 9.59 Å². The van der Waals surface area contributed by atoms with Gasteiger partial charge in [-0.05, 0) is 64.3 Å². The van der Waals surface area contributed by atoms with Crippen LogP contribution in [0.25, 0.3) is 6.08 Å². The molecule has 0 aromatic heterocycles. The maximum atomic E-state index is 11.9. The fourth-order valence-electron chi connectivity index (χ4n) is 2.26. The van der Waals surface area contributed by atoms with Crippen LogP contribution in [0.5, 0.6) is 0 Å². The van der Waals surface area contributed by atoms with Crippen molar-refractivity contribution >= 4 is 52.4 Å². The Morgan fingerprint density at radius 1 is 1.04 bits per heavy atom. The molecule has 0 radical (unpaired) electrons. The Bertz CT molecular complexity index is 871. The van der Waals surface area contributed by atoms with E-state index in [9.17, 15) is 9.59 Å². The van der Waals surface area contributed by atoms with E-state index in [0.29, 0.717) is 11.6 Å². The number of para-hydroxylation sites is 1. The van der Waals surface area contributed by atoms with Gasteiger partial charge in [0.05, 0.1) is 11.9 Å². The van der Waals surface area contributed by atoms with Gasteiger partial charge in [-0.1, -0.05) is 56.3 Å². The van der Waals surface area contributed by atoms with Crippen molar-refractivity contribution in [2.24, 2.45) is 5.10 Å². The molecule has 0 bridgehead atoms. The summed E-state index contributed by atoms with van der Waals surface area (Å²) in [4.78, 5) is 23.7. The summed E-state index contributed by atoms with van der Waals surface area (Å²) >= 11 is 2.09. The SMILES string of the molecule is CC(C=NNC(=O)C(=O)Nc1ccccc1I)=Cc1ccc(C(C)C)cc1. The van der Waals surface area contributed by atoms with Crippen LogP contribution in [0.1, 0.15) is 37.8 Å². The zero-order valence-electron chi connectivity index (χ0n) is 15.5. The minimum Gasteiger partial charge on any atom is -0.317 e. The summed E-state index contributed by atoms with van der Waals surface area (Å²) in [6, 6.07) is 15.5. The highest BCUT2D eigenvalue weighted by Gasteiger charge is 2.13. The van der Waals surface area contributed by atoms with Crippen molar-refractivity contribution in [3.8, 4) is 0 Å². The van der Waals surface area contributed by atoms with Gasteiger partial charge >= 0.3 is 11.8 Å². The number of nitrogens with zero attached hydrogens (tertiary/aromatic N) is 1. The monoisotopic (exact) mass is 475 g/mol. The van der Waals surface area contributed by atoms with Crippen LogP contribution in [0.15, 0.2) is 59.2 Å². The molecular weight excluding hydrogens is 453 g/mol. The number of nitrogens with one attached hydrogen (secondary N) is 2. The van der Waals surface area contributed by atoms with E-state index < -0.39 is 11.8 Å². The number of carbonyl (C=O) groups is 2. The van der Waals surface area contributed by atoms with Crippen molar-refractivity contribution in [3.05, 3.63) is 68.8 Å². The molecule has 0 aliphatic carbocycles. The van der Waals surface area contributed by atoms with Crippen LogP contribution in [-0.4, -0.2) is 18.0 Å². The minimum absolute atomic E-state index is 0.492. The van der Waals surface area contributed by atoms with Crippen LogP contribution < -0.4 is 10.7 Å². The average Bonchev–Trinajstić information content (AvgIpc) is 2.63. The molecule has 0 saturated heterocycles. The molecule has 0 fully saturated rings. The molecule has 0 unspecified atom stereocenters. The van der Waals surface area contributed by atoms with Crippen molar-refractivity contribution in [3.63, 3.8) is 0 Å². The molecule has 2 aromatic carbocycles. The van der Waals surface area contributed by atoms with E-state index in [1.54, 1.807) is 12.1 Å². The van der Waals surface area contributed by atoms with Crippen molar-refractivity contribution in [1.82, 2.24) is 5.43 Å². The second-order valence-electron chi connectivity index (χ2n) is 6.34. The van der Waals surface area contributed by atoms with Gasteiger partial charge in [-0.2, -0.15) is 5.10 Å². The number of benzene rings is 2. The summed E-state index contributed by atoms with van der Waals surface area (Å²) in [5, 5.41) is 6.40. The molecule has 140 valence electrons. The summed E-state index contributed by atoms with van der Waals surface area (Å²) in [7, 11) is 0. The van der Waals surface area contributed by atoms with Crippen molar-refractivity contribution in [2.45, 2.75) is 26.7 Å². The van der Waals surface area contributed by atoms with Crippen LogP contribution >= 0.6 is 22.6 Å². The maximum Gasteiger partial charge on any atom is 0.329 e. The molecule has 0 saturated carbocycles. The van der Waals surface area contributed by atoms with Crippen molar-refractivity contribution in [2.75, 3.05) is 5.32 Å². The van der Waals surface area contributed by atoms with Crippen LogP contribution in [0.4, 0.5) is 5.69 Å². The summed E-state index contributed by atoms with van der Waals surface area (Å²) in [6.45, 7) is 6.18. The van der Waals surface area contributed by atoms with Gasteiger partial charge in [0.1, 0.15) is 0 Å². The first-order valence-electron chi connectivity index (χ1n) is 8.54. The summed E-state index contributed by atoms with van der Waals surface area (Å²) < 4.78 is 0.849. The minimum atomic E-state index is -0.819. The lowest BCUT2D eigenvalue weighted by Gasteiger charge is -2.06. The smallest absolute Gasteiger partial charge is 0.317 e. The Hall–Kier alpha value is -2.48. The Balaban J connectivity index is 1.90. The standard InChI is InChI=1S/C21H22IN3O2/c1-14(2)17-10-8-16(9-11-17)12-15(3)13-23-25-21(27)20(26)24-19-7-5-4-6-18(19)22/h4-14H,1-3H3,(H,24,26)(H,25,27). The van der Waals surface area contributed by atoms with Crippen molar-refractivity contribution in [1.29, 1.82) is 0 Å². The lowest BCUT2D eigenvalue weighted by Crippen LogP contribution is -2.32. The summed E-state index contributed by atoms with van der Waals surface area (Å²) in [5.41, 5.74) is 6.01. The molecule has 5 nitrogen and oxygen atoms in total. The van der Waals surface area contributed by atoms with Crippen LogP contribution in [0.3, 0.4) is 0 Å². The number of halogens is 1. The second kappa shape index (κ2) is 10.0. The quantitative estimate of drug-likeness (QED) is 0.288. The predicted octanol–water partition coefficient (Wildman–Crippen LogP) is 4.56. The van der Waals surface area contributed by atoms with E-state index in [2.05, 4.69) is 64.4 Å². The number of anilines is 1. The van der Waals surface area contributed by atoms with Gasteiger partial charge in [-0.3, -0.25) is 9.59 Å². The van der Waals surface area contributed by atoms with Gasteiger partial charge in [-0.25, -0.2) is 5.43 Å². The lowest BCUT2D eigenvalue weighted by atomic mass is 10.0. The van der Waals surface area contributed by atoms with E-state index in [4.69, 9.17) is 0 Å². The number of hydrogen-bond donors (Lipinski definition) is 2. The molecule has 27 heavy (non-hydrogen) atoms. The molecule has 6 heteroatoms. The number of hydrogen-bond acceptors (Lipinski definition) is 3. The van der Waals surface area contributed by atoms with E-state index >= 15 is 0 Å². The molecule has 0 aliphatic heterocycles.